The minimum atomic E-state index is -0.113. The van der Waals surface area contributed by atoms with Crippen molar-refractivity contribution in [3.05, 3.63) is 21.9 Å². The van der Waals surface area contributed by atoms with E-state index >= 15 is 0 Å². The van der Waals surface area contributed by atoms with Crippen LogP contribution in [0.1, 0.15) is 23.3 Å². The fourth-order valence-electron chi connectivity index (χ4n) is 2.53. The molecule has 108 valence electrons. The van der Waals surface area contributed by atoms with E-state index in [1.807, 2.05) is 11.4 Å². The first-order valence-electron chi connectivity index (χ1n) is 6.84. The minimum absolute atomic E-state index is 0.0979. The van der Waals surface area contributed by atoms with Gasteiger partial charge in [0.15, 0.2) is 0 Å². The van der Waals surface area contributed by atoms with Gasteiger partial charge in [0.05, 0.1) is 5.92 Å². The van der Waals surface area contributed by atoms with Gasteiger partial charge in [0.1, 0.15) is 6.61 Å². The van der Waals surface area contributed by atoms with Crippen molar-refractivity contribution in [3.63, 3.8) is 0 Å². The van der Waals surface area contributed by atoms with Gasteiger partial charge in [-0.15, -0.1) is 11.3 Å². The molecule has 0 saturated carbocycles. The number of carbonyl (C=O) groups excluding carboxylic acids is 1. The second-order valence-electron chi connectivity index (χ2n) is 4.91. The third kappa shape index (κ3) is 3.83. The lowest BCUT2D eigenvalue weighted by Crippen LogP contribution is -2.41. The van der Waals surface area contributed by atoms with E-state index in [1.54, 1.807) is 18.4 Å². The molecule has 1 saturated heterocycles. The number of hydrogen-bond acceptors (Lipinski definition) is 4. The Hall–Kier alpha value is -1.35. The first-order valence-corrected chi connectivity index (χ1v) is 7.72. The van der Waals surface area contributed by atoms with Crippen molar-refractivity contribution < 1.29 is 9.90 Å². The summed E-state index contributed by atoms with van der Waals surface area (Å²) in [5, 5.41) is 13.5. The molecule has 1 amide bonds. The summed E-state index contributed by atoms with van der Waals surface area (Å²) in [5.41, 5.74) is 0.992. The molecule has 0 aliphatic carbocycles. The van der Waals surface area contributed by atoms with E-state index in [0.717, 1.165) is 38.0 Å². The highest BCUT2D eigenvalue weighted by Gasteiger charge is 2.25. The average Bonchev–Trinajstić information content (AvgIpc) is 2.91. The second-order valence-corrected chi connectivity index (χ2v) is 5.91. The van der Waals surface area contributed by atoms with Gasteiger partial charge < -0.3 is 10.4 Å². The summed E-state index contributed by atoms with van der Waals surface area (Å²) < 4.78 is 0. The van der Waals surface area contributed by atoms with Crippen molar-refractivity contribution in [1.29, 1.82) is 0 Å². The Balaban J connectivity index is 1.99. The Bertz CT molecular complexity index is 515. The summed E-state index contributed by atoms with van der Waals surface area (Å²) in [6.45, 7) is 2.56. The zero-order chi connectivity index (χ0) is 14.4. The number of aliphatic hydroxyl groups is 1. The molecule has 1 aliphatic rings. The highest BCUT2D eigenvalue weighted by Crippen LogP contribution is 2.23. The predicted molar refractivity (Wildman–Crippen MR) is 80.4 cm³/mol. The molecule has 5 heteroatoms. The normalized spacial score (nSPS) is 19.2. The summed E-state index contributed by atoms with van der Waals surface area (Å²) >= 11 is 1.68. The fourth-order valence-corrected chi connectivity index (χ4v) is 3.40. The van der Waals surface area contributed by atoms with Gasteiger partial charge in [-0.25, -0.2) is 0 Å². The van der Waals surface area contributed by atoms with Crippen LogP contribution in [0.25, 0.3) is 0 Å². The molecule has 0 aromatic carbocycles. The molecule has 2 rings (SSSR count). The largest absolute Gasteiger partial charge is 0.384 e. The number of thiophene rings is 1. The molecule has 0 radical (unpaired) electrons. The summed E-state index contributed by atoms with van der Waals surface area (Å²) in [4.78, 5) is 15.3. The first-order chi connectivity index (χ1) is 9.74. The number of hydrogen-bond donors (Lipinski definition) is 2. The Morgan fingerprint density at radius 2 is 2.50 bits per heavy atom. The molecule has 20 heavy (non-hydrogen) atoms. The molecule has 2 heterocycles. The van der Waals surface area contributed by atoms with Gasteiger partial charge in [0.2, 0.25) is 5.91 Å². The molecule has 1 atom stereocenters. The number of piperidine rings is 1. The highest BCUT2D eigenvalue weighted by molar-refractivity contribution is 7.10. The standard InChI is InChI=1S/C15H20N2O2S/c1-16-15(19)13-4-2-7-17(10-13)11-14-12(5-3-8-18)6-9-20-14/h6,9,13,18H,2,4,7-8,10-11H2,1H3,(H,16,19). The van der Waals surface area contributed by atoms with Gasteiger partial charge in [-0.3, -0.25) is 9.69 Å². The molecular formula is C15H20N2O2S. The third-order valence-corrected chi connectivity index (χ3v) is 4.44. The van der Waals surface area contributed by atoms with Gasteiger partial charge >= 0.3 is 0 Å². The molecule has 1 aromatic rings. The molecular weight excluding hydrogens is 272 g/mol. The number of amides is 1. The van der Waals surface area contributed by atoms with E-state index in [2.05, 4.69) is 22.1 Å². The van der Waals surface area contributed by atoms with E-state index in [1.165, 1.54) is 4.88 Å². The fraction of sp³-hybridized carbons (Fsp3) is 0.533. The van der Waals surface area contributed by atoms with Gasteiger partial charge in [0.25, 0.3) is 0 Å². The van der Waals surface area contributed by atoms with Gasteiger partial charge in [-0.2, -0.15) is 0 Å². The maximum absolute atomic E-state index is 11.7. The van der Waals surface area contributed by atoms with E-state index in [0.29, 0.717) is 0 Å². The number of carbonyl (C=O) groups is 1. The molecule has 1 fully saturated rings. The van der Waals surface area contributed by atoms with Crippen LogP contribution in [0.4, 0.5) is 0 Å². The van der Waals surface area contributed by atoms with Crippen molar-refractivity contribution >= 4 is 17.2 Å². The van der Waals surface area contributed by atoms with Crippen LogP contribution in [-0.4, -0.2) is 42.7 Å². The third-order valence-electron chi connectivity index (χ3n) is 3.54. The number of rotatable bonds is 3. The summed E-state index contributed by atoms with van der Waals surface area (Å²) in [6.07, 6.45) is 2.03. The SMILES string of the molecule is CNC(=O)C1CCCN(Cc2sccc2C#CCO)C1. The van der Waals surface area contributed by atoms with E-state index in [9.17, 15) is 4.79 Å². The number of aliphatic hydroxyl groups excluding tert-OH is 1. The van der Waals surface area contributed by atoms with Crippen LogP contribution in [0.2, 0.25) is 0 Å². The van der Waals surface area contributed by atoms with Crippen LogP contribution in [0.3, 0.4) is 0 Å². The van der Waals surface area contributed by atoms with Crippen LogP contribution < -0.4 is 5.32 Å². The Morgan fingerprint density at radius 3 is 3.25 bits per heavy atom. The maximum atomic E-state index is 11.7. The van der Waals surface area contributed by atoms with Crippen LogP contribution in [0, 0.1) is 17.8 Å². The zero-order valence-electron chi connectivity index (χ0n) is 11.7. The summed E-state index contributed by atoms with van der Waals surface area (Å²) in [5.74, 6) is 5.91. The monoisotopic (exact) mass is 292 g/mol. The van der Waals surface area contributed by atoms with Gasteiger partial charge in [0, 0.05) is 30.6 Å². The van der Waals surface area contributed by atoms with E-state index in [-0.39, 0.29) is 18.4 Å². The van der Waals surface area contributed by atoms with E-state index < -0.39 is 0 Å². The van der Waals surface area contributed by atoms with E-state index in [4.69, 9.17) is 5.11 Å². The molecule has 0 bridgehead atoms. The quantitative estimate of drug-likeness (QED) is 0.819. The Kier molecular flexibility index (Phi) is 5.60. The lowest BCUT2D eigenvalue weighted by Gasteiger charge is -2.31. The van der Waals surface area contributed by atoms with Crippen molar-refractivity contribution in [2.45, 2.75) is 19.4 Å². The molecule has 1 aliphatic heterocycles. The molecule has 4 nitrogen and oxygen atoms in total. The first kappa shape index (κ1) is 15.0. The molecule has 0 spiro atoms. The molecule has 1 aromatic heterocycles. The number of likely N-dealkylation sites (tertiary alicyclic amines) is 1. The van der Waals surface area contributed by atoms with Crippen LogP contribution in [0.5, 0.6) is 0 Å². The Labute approximate surface area is 123 Å². The number of nitrogens with one attached hydrogen (secondary N) is 1. The summed E-state index contributed by atoms with van der Waals surface area (Å²) in [6, 6.07) is 1.99. The van der Waals surface area contributed by atoms with Crippen LogP contribution in [0.15, 0.2) is 11.4 Å². The highest BCUT2D eigenvalue weighted by atomic mass is 32.1. The lowest BCUT2D eigenvalue weighted by atomic mass is 9.97. The van der Waals surface area contributed by atoms with Crippen molar-refractivity contribution in [1.82, 2.24) is 10.2 Å². The smallest absolute Gasteiger partial charge is 0.224 e. The molecule has 2 N–H and O–H groups in total. The second kappa shape index (κ2) is 7.44. The van der Waals surface area contributed by atoms with Crippen molar-refractivity contribution in [3.8, 4) is 11.8 Å². The van der Waals surface area contributed by atoms with Crippen molar-refractivity contribution in [2.75, 3.05) is 26.7 Å². The van der Waals surface area contributed by atoms with Crippen molar-refractivity contribution in [2.24, 2.45) is 5.92 Å². The van der Waals surface area contributed by atoms with Gasteiger partial charge in [-0.05, 0) is 30.8 Å². The van der Waals surface area contributed by atoms with Gasteiger partial charge in [-0.1, -0.05) is 11.8 Å². The zero-order valence-corrected chi connectivity index (χ0v) is 12.5. The van der Waals surface area contributed by atoms with Crippen LogP contribution >= 0.6 is 11.3 Å². The maximum Gasteiger partial charge on any atom is 0.224 e. The summed E-state index contributed by atoms with van der Waals surface area (Å²) in [7, 11) is 1.70. The Morgan fingerprint density at radius 1 is 1.65 bits per heavy atom. The average molecular weight is 292 g/mol. The lowest BCUT2D eigenvalue weighted by molar-refractivity contribution is -0.126. The van der Waals surface area contributed by atoms with Crippen LogP contribution in [-0.2, 0) is 11.3 Å². The predicted octanol–water partition coefficient (Wildman–Crippen LogP) is 1.05. The number of nitrogens with zero attached hydrogens (tertiary/aromatic N) is 1. The topological polar surface area (TPSA) is 52.6 Å². The minimum Gasteiger partial charge on any atom is -0.384 e. The molecule has 1 unspecified atom stereocenters.